The zero-order valence-electron chi connectivity index (χ0n) is 8.31. The van der Waals surface area contributed by atoms with Crippen molar-refractivity contribution < 1.29 is 0 Å². The summed E-state index contributed by atoms with van der Waals surface area (Å²) < 4.78 is 3.63. The number of halogens is 1. The van der Waals surface area contributed by atoms with E-state index in [1.165, 1.54) is 9.25 Å². The number of nitrogens with zero attached hydrogens (tertiary/aromatic N) is 4. The number of hydrogen-bond donors (Lipinski definition) is 0. The van der Waals surface area contributed by atoms with Gasteiger partial charge in [0, 0.05) is 17.7 Å². The van der Waals surface area contributed by atoms with E-state index in [-0.39, 0.29) is 5.69 Å². The lowest BCUT2D eigenvalue weighted by molar-refractivity contribution is 0.721. The van der Waals surface area contributed by atoms with Crippen LogP contribution >= 0.6 is 15.9 Å². The van der Waals surface area contributed by atoms with Gasteiger partial charge in [0.1, 0.15) is 11.6 Å². The quantitative estimate of drug-likeness (QED) is 0.777. The van der Waals surface area contributed by atoms with Gasteiger partial charge in [0.25, 0.3) is 0 Å². The largest absolute Gasteiger partial charge is 0.351 e. The van der Waals surface area contributed by atoms with E-state index < -0.39 is 0 Å². The molecule has 0 bridgehead atoms. The lowest BCUT2D eigenvalue weighted by Gasteiger charge is -2.00. The monoisotopic (exact) mass is 268 g/mol. The average molecular weight is 269 g/mol. The first-order chi connectivity index (χ1) is 7.09. The fourth-order valence-electron chi connectivity index (χ4n) is 1.35. The molecule has 2 rings (SSSR count). The molecule has 0 unspecified atom stereocenters. The molecule has 0 atom stereocenters. The molecule has 78 valence electrons. The van der Waals surface area contributed by atoms with Gasteiger partial charge in [0.05, 0.1) is 0 Å². The second-order valence-electron chi connectivity index (χ2n) is 3.12. The number of aromatic nitrogens is 4. The Morgan fingerprint density at radius 1 is 1.40 bits per heavy atom. The molecule has 0 aliphatic carbocycles. The third kappa shape index (κ3) is 1.72. The van der Waals surface area contributed by atoms with Crippen LogP contribution < -0.4 is 5.69 Å². The molecule has 0 aliphatic rings. The predicted octanol–water partition coefficient (Wildman–Crippen LogP) is 1.04. The average Bonchev–Trinajstić information content (AvgIpc) is 2.44. The van der Waals surface area contributed by atoms with Crippen LogP contribution in [-0.4, -0.2) is 19.3 Å². The second kappa shape index (κ2) is 3.62. The fraction of sp³-hybridized carbons (Fsp3) is 0.222. The Bertz CT molecular complexity index is 540. The first-order valence-electron chi connectivity index (χ1n) is 4.34. The Labute approximate surface area is 94.5 Å². The SMILES string of the molecule is Cc1nn(C)c(=O)n1-c1ccc(Br)cn1. The van der Waals surface area contributed by atoms with Gasteiger partial charge in [-0.2, -0.15) is 5.10 Å². The van der Waals surface area contributed by atoms with Crippen LogP contribution in [0.15, 0.2) is 27.6 Å². The van der Waals surface area contributed by atoms with Crippen LogP contribution in [0.4, 0.5) is 0 Å². The topological polar surface area (TPSA) is 52.7 Å². The molecule has 2 aromatic rings. The molecule has 0 saturated heterocycles. The Morgan fingerprint density at radius 2 is 2.13 bits per heavy atom. The lowest BCUT2D eigenvalue weighted by Crippen LogP contribution is -2.22. The van der Waals surface area contributed by atoms with E-state index in [2.05, 4.69) is 26.0 Å². The third-order valence-electron chi connectivity index (χ3n) is 2.03. The maximum absolute atomic E-state index is 11.7. The minimum Gasteiger partial charge on any atom is -0.246 e. The minimum absolute atomic E-state index is 0.192. The number of aryl methyl sites for hydroxylation is 2. The molecule has 0 amide bonds. The van der Waals surface area contributed by atoms with Crippen molar-refractivity contribution >= 4 is 15.9 Å². The Hall–Kier alpha value is -1.43. The molecule has 5 nitrogen and oxygen atoms in total. The second-order valence-corrected chi connectivity index (χ2v) is 4.04. The van der Waals surface area contributed by atoms with Crippen LogP contribution in [0, 0.1) is 6.92 Å². The molecule has 15 heavy (non-hydrogen) atoms. The van der Waals surface area contributed by atoms with Crippen molar-refractivity contribution in [1.82, 2.24) is 19.3 Å². The summed E-state index contributed by atoms with van der Waals surface area (Å²) in [6.07, 6.45) is 1.65. The van der Waals surface area contributed by atoms with Crippen LogP contribution in [0.1, 0.15) is 5.82 Å². The van der Waals surface area contributed by atoms with Gasteiger partial charge in [-0.15, -0.1) is 0 Å². The van der Waals surface area contributed by atoms with E-state index >= 15 is 0 Å². The number of pyridine rings is 1. The smallest absolute Gasteiger partial charge is 0.246 e. The van der Waals surface area contributed by atoms with E-state index in [1.54, 1.807) is 26.2 Å². The molecular formula is C9H9BrN4O. The van der Waals surface area contributed by atoms with Gasteiger partial charge in [-0.25, -0.2) is 19.0 Å². The predicted molar refractivity (Wildman–Crippen MR) is 59.0 cm³/mol. The minimum atomic E-state index is -0.192. The Morgan fingerprint density at radius 3 is 2.60 bits per heavy atom. The maximum Gasteiger partial charge on any atom is 0.351 e. The van der Waals surface area contributed by atoms with E-state index in [4.69, 9.17) is 0 Å². The summed E-state index contributed by atoms with van der Waals surface area (Å²) in [6.45, 7) is 1.77. The first-order valence-corrected chi connectivity index (χ1v) is 5.13. The van der Waals surface area contributed by atoms with E-state index in [9.17, 15) is 4.79 Å². The van der Waals surface area contributed by atoms with Crippen molar-refractivity contribution in [2.75, 3.05) is 0 Å². The summed E-state index contributed by atoms with van der Waals surface area (Å²) in [7, 11) is 1.62. The maximum atomic E-state index is 11.7. The van der Waals surface area contributed by atoms with Crippen LogP contribution in [0.3, 0.4) is 0 Å². The van der Waals surface area contributed by atoms with Gasteiger partial charge in [-0.3, -0.25) is 0 Å². The molecule has 0 N–H and O–H groups in total. The molecule has 0 aliphatic heterocycles. The van der Waals surface area contributed by atoms with Crippen molar-refractivity contribution in [3.05, 3.63) is 39.1 Å². The summed E-state index contributed by atoms with van der Waals surface area (Å²) in [5.41, 5.74) is -0.192. The molecule has 0 aromatic carbocycles. The summed E-state index contributed by atoms with van der Waals surface area (Å²) in [5, 5.41) is 4.02. The first kappa shape index (κ1) is 10.1. The molecule has 0 radical (unpaired) electrons. The van der Waals surface area contributed by atoms with Gasteiger partial charge in [-0.1, -0.05) is 0 Å². The van der Waals surface area contributed by atoms with E-state index in [0.717, 1.165) is 4.47 Å². The highest BCUT2D eigenvalue weighted by atomic mass is 79.9. The standard InChI is InChI=1S/C9H9BrN4O/c1-6-12-13(2)9(15)14(6)8-4-3-7(10)5-11-8/h3-5H,1-2H3. The zero-order valence-corrected chi connectivity index (χ0v) is 9.89. The van der Waals surface area contributed by atoms with Gasteiger partial charge in [0.15, 0.2) is 0 Å². The molecule has 2 heterocycles. The van der Waals surface area contributed by atoms with E-state index in [0.29, 0.717) is 11.6 Å². The van der Waals surface area contributed by atoms with Gasteiger partial charge < -0.3 is 0 Å². The third-order valence-corrected chi connectivity index (χ3v) is 2.50. The highest BCUT2D eigenvalue weighted by Gasteiger charge is 2.09. The zero-order chi connectivity index (χ0) is 11.0. The highest BCUT2D eigenvalue weighted by molar-refractivity contribution is 9.10. The summed E-state index contributed by atoms with van der Waals surface area (Å²) in [6, 6.07) is 3.60. The van der Waals surface area contributed by atoms with Gasteiger partial charge in [-0.05, 0) is 35.0 Å². The van der Waals surface area contributed by atoms with E-state index in [1.807, 2.05) is 6.07 Å². The van der Waals surface area contributed by atoms with Crippen molar-refractivity contribution in [1.29, 1.82) is 0 Å². The van der Waals surface area contributed by atoms with Gasteiger partial charge in [0.2, 0.25) is 0 Å². The molecule has 0 saturated carbocycles. The molecule has 0 fully saturated rings. The normalized spacial score (nSPS) is 10.6. The van der Waals surface area contributed by atoms with Crippen LogP contribution in [0.5, 0.6) is 0 Å². The van der Waals surface area contributed by atoms with Crippen LogP contribution in [-0.2, 0) is 7.05 Å². The van der Waals surface area contributed by atoms with Crippen LogP contribution in [0.2, 0.25) is 0 Å². The fourth-order valence-corrected chi connectivity index (χ4v) is 1.59. The Balaban J connectivity index is 2.64. The van der Waals surface area contributed by atoms with Gasteiger partial charge >= 0.3 is 5.69 Å². The van der Waals surface area contributed by atoms with Crippen molar-refractivity contribution in [2.24, 2.45) is 7.05 Å². The summed E-state index contributed by atoms with van der Waals surface area (Å²) in [4.78, 5) is 15.8. The number of hydrogen-bond acceptors (Lipinski definition) is 3. The number of rotatable bonds is 1. The summed E-state index contributed by atoms with van der Waals surface area (Å²) >= 11 is 3.29. The lowest BCUT2D eigenvalue weighted by atomic mass is 10.4. The highest BCUT2D eigenvalue weighted by Crippen LogP contribution is 2.10. The molecule has 6 heteroatoms. The molecule has 2 aromatic heterocycles. The Kier molecular flexibility index (Phi) is 2.44. The van der Waals surface area contributed by atoms with Crippen molar-refractivity contribution in [2.45, 2.75) is 6.92 Å². The molecular weight excluding hydrogens is 260 g/mol. The van der Waals surface area contributed by atoms with Crippen molar-refractivity contribution in [3.8, 4) is 5.82 Å². The van der Waals surface area contributed by atoms with Crippen molar-refractivity contribution in [3.63, 3.8) is 0 Å². The molecule has 0 spiro atoms. The van der Waals surface area contributed by atoms with Crippen LogP contribution in [0.25, 0.3) is 5.82 Å². The summed E-state index contributed by atoms with van der Waals surface area (Å²) in [5.74, 6) is 1.20.